The van der Waals surface area contributed by atoms with Gasteiger partial charge >= 0.3 is 5.97 Å². The Bertz CT molecular complexity index is 395. The molecule has 88 valence electrons. The lowest BCUT2D eigenvalue weighted by atomic mass is 10.1. The molecule has 0 bridgehead atoms. The Balaban J connectivity index is 0.00000128. The molecule has 0 amide bonds. The van der Waals surface area contributed by atoms with Crippen LogP contribution >= 0.6 is 12.4 Å². The molecule has 0 aromatic heterocycles. The van der Waals surface area contributed by atoms with Crippen LogP contribution in [-0.4, -0.2) is 19.2 Å². The topological polar surface area (TPSA) is 61.5 Å². The van der Waals surface area contributed by atoms with Crippen LogP contribution in [0.5, 0.6) is 5.75 Å². The summed E-state index contributed by atoms with van der Waals surface area (Å²) in [6, 6.07) is 5.13. The van der Waals surface area contributed by atoms with Crippen LogP contribution in [0.15, 0.2) is 18.2 Å². The van der Waals surface area contributed by atoms with E-state index in [4.69, 9.17) is 15.2 Å². The van der Waals surface area contributed by atoms with E-state index in [9.17, 15) is 4.79 Å². The van der Waals surface area contributed by atoms with Crippen molar-refractivity contribution in [3.63, 3.8) is 0 Å². The summed E-state index contributed by atoms with van der Waals surface area (Å²) in [6.45, 7) is 2.62. The highest BCUT2D eigenvalue weighted by molar-refractivity contribution is 5.90. The first kappa shape index (κ1) is 12.8. The molecule has 0 spiro atoms. The third kappa shape index (κ3) is 2.28. The Morgan fingerprint density at radius 1 is 1.62 bits per heavy atom. The van der Waals surface area contributed by atoms with E-state index >= 15 is 0 Å². The average molecular weight is 244 g/mol. The first-order valence-corrected chi connectivity index (χ1v) is 4.92. The number of nitrogens with two attached hydrogens (primary N) is 1. The minimum Gasteiger partial charge on any atom is -0.491 e. The van der Waals surface area contributed by atoms with Crippen LogP contribution in [0.4, 0.5) is 0 Å². The van der Waals surface area contributed by atoms with Crippen LogP contribution in [0.2, 0.25) is 0 Å². The molecule has 1 aliphatic rings. The number of carbonyl (C=O) groups is 1. The fourth-order valence-electron chi connectivity index (χ4n) is 1.58. The zero-order chi connectivity index (χ0) is 10.8. The van der Waals surface area contributed by atoms with Crippen LogP contribution in [0.25, 0.3) is 0 Å². The molecule has 2 rings (SSSR count). The SMILES string of the molecule is CCOC(=O)c1ccc2c(c1)OCC2N.Cl. The van der Waals surface area contributed by atoms with Crippen molar-refractivity contribution in [3.8, 4) is 5.75 Å². The standard InChI is InChI=1S/C11H13NO3.ClH/c1-2-14-11(13)7-3-4-8-9(12)6-15-10(8)5-7;/h3-5,9H,2,6,12H2,1H3;1H. The predicted molar refractivity (Wildman–Crippen MR) is 62.1 cm³/mol. The van der Waals surface area contributed by atoms with Crippen molar-refractivity contribution in [3.05, 3.63) is 29.3 Å². The van der Waals surface area contributed by atoms with Gasteiger partial charge in [0, 0.05) is 5.56 Å². The summed E-state index contributed by atoms with van der Waals surface area (Å²) >= 11 is 0. The number of fused-ring (bicyclic) bond motifs is 1. The molecule has 1 atom stereocenters. The second kappa shape index (κ2) is 5.18. The van der Waals surface area contributed by atoms with Gasteiger partial charge in [-0.25, -0.2) is 4.79 Å². The van der Waals surface area contributed by atoms with Gasteiger partial charge in [-0.3, -0.25) is 0 Å². The smallest absolute Gasteiger partial charge is 0.338 e. The molecule has 1 unspecified atom stereocenters. The van der Waals surface area contributed by atoms with Crippen LogP contribution < -0.4 is 10.5 Å². The summed E-state index contributed by atoms with van der Waals surface area (Å²) in [5.74, 6) is 0.359. The molecule has 1 aromatic carbocycles. The van der Waals surface area contributed by atoms with Crippen molar-refractivity contribution < 1.29 is 14.3 Å². The van der Waals surface area contributed by atoms with E-state index in [0.717, 1.165) is 5.56 Å². The molecule has 0 saturated carbocycles. The summed E-state index contributed by atoms with van der Waals surface area (Å²) < 4.78 is 10.2. The maximum absolute atomic E-state index is 11.4. The van der Waals surface area contributed by atoms with E-state index in [-0.39, 0.29) is 24.4 Å². The van der Waals surface area contributed by atoms with Crippen molar-refractivity contribution >= 4 is 18.4 Å². The van der Waals surface area contributed by atoms with Gasteiger partial charge in [0.1, 0.15) is 12.4 Å². The normalized spacial score (nSPS) is 17.0. The highest BCUT2D eigenvalue weighted by atomic mass is 35.5. The van der Waals surface area contributed by atoms with Crippen LogP contribution in [0.3, 0.4) is 0 Å². The molecule has 0 saturated heterocycles. The van der Waals surface area contributed by atoms with Crippen molar-refractivity contribution in [2.75, 3.05) is 13.2 Å². The quantitative estimate of drug-likeness (QED) is 0.803. The summed E-state index contributed by atoms with van der Waals surface area (Å²) in [4.78, 5) is 11.4. The predicted octanol–water partition coefficient (Wildman–Crippen LogP) is 1.68. The maximum atomic E-state index is 11.4. The lowest BCUT2D eigenvalue weighted by Crippen LogP contribution is -2.10. The molecule has 4 nitrogen and oxygen atoms in total. The second-order valence-electron chi connectivity index (χ2n) is 3.39. The van der Waals surface area contributed by atoms with Gasteiger partial charge in [0.25, 0.3) is 0 Å². The number of carbonyl (C=O) groups excluding carboxylic acids is 1. The molecule has 0 aliphatic carbocycles. The fourth-order valence-corrected chi connectivity index (χ4v) is 1.58. The molecule has 16 heavy (non-hydrogen) atoms. The third-order valence-electron chi connectivity index (χ3n) is 2.34. The molecular weight excluding hydrogens is 230 g/mol. The van der Waals surface area contributed by atoms with Crippen molar-refractivity contribution in [2.24, 2.45) is 5.73 Å². The first-order valence-electron chi connectivity index (χ1n) is 4.92. The molecule has 2 N–H and O–H groups in total. The number of hydrogen-bond donors (Lipinski definition) is 1. The summed E-state index contributed by atoms with van der Waals surface area (Å²) in [5.41, 5.74) is 7.24. The van der Waals surface area contributed by atoms with E-state index in [1.165, 1.54) is 0 Å². The molecule has 0 radical (unpaired) electrons. The minimum atomic E-state index is -0.329. The number of benzene rings is 1. The average Bonchev–Trinajstić information content (AvgIpc) is 2.60. The third-order valence-corrected chi connectivity index (χ3v) is 2.34. The van der Waals surface area contributed by atoms with E-state index in [0.29, 0.717) is 24.5 Å². The van der Waals surface area contributed by atoms with E-state index in [1.807, 2.05) is 6.07 Å². The van der Waals surface area contributed by atoms with Gasteiger partial charge < -0.3 is 15.2 Å². The second-order valence-corrected chi connectivity index (χ2v) is 3.39. The van der Waals surface area contributed by atoms with Crippen LogP contribution in [0.1, 0.15) is 28.9 Å². The molecule has 5 heteroatoms. The van der Waals surface area contributed by atoms with Crippen molar-refractivity contribution in [1.82, 2.24) is 0 Å². The van der Waals surface area contributed by atoms with E-state index in [2.05, 4.69) is 0 Å². The fraction of sp³-hybridized carbons (Fsp3) is 0.364. The van der Waals surface area contributed by atoms with E-state index in [1.54, 1.807) is 19.1 Å². The highest BCUT2D eigenvalue weighted by Crippen LogP contribution is 2.31. The maximum Gasteiger partial charge on any atom is 0.338 e. The Morgan fingerprint density at radius 3 is 3.06 bits per heavy atom. The Labute approximate surface area is 100 Å². The van der Waals surface area contributed by atoms with Gasteiger partial charge in [0.05, 0.1) is 18.2 Å². The Hall–Kier alpha value is -1.26. The molecule has 1 heterocycles. The number of rotatable bonds is 2. The minimum absolute atomic E-state index is 0. The molecule has 0 fully saturated rings. The van der Waals surface area contributed by atoms with E-state index < -0.39 is 0 Å². The number of hydrogen-bond acceptors (Lipinski definition) is 4. The first-order chi connectivity index (χ1) is 7.22. The molecular formula is C11H14ClNO3. The van der Waals surface area contributed by atoms with Gasteiger partial charge in [0.15, 0.2) is 0 Å². The van der Waals surface area contributed by atoms with Crippen molar-refractivity contribution in [2.45, 2.75) is 13.0 Å². The lowest BCUT2D eigenvalue weighted by Gasteiger charge is -2.04. The number of ether oxygens (including phenoxy) is 2. The summed E-state index contributed by atoms with van der Waals surface area (Å²) in [5, 5.41) is 0. The Kier molecular flexibility index (Phi) is 4.15. The highest BCUT2D eigenvalue weighted by Gasteiger charge is 2.21. The van der Waals surface area contributed by atoms with Crippen molar-refractivity contribution in [1.29, 1.82) is 0 Å². The molecule has 1 aliphatic heterocycles. The monoisotopic (exact) mass is 243 g/mol. The zero-order valence-electron chi connectivity index (χ0n) is 8.93. The van der Waals surface area contributed by atoms with Gasteiger partial charge in [-0.2, -0.15) is 0 Å². The molecule has 1 aromatic rings. The van der Waals surface area contributed by atoms with Gasteiger partial charge in [0.2, 0.25) is 0 Å². The summed E-state index contributed by atoms with van der Waals surface area (Å²) in [7, 11) is 0. The lowest BCUT2D eigenvalue weighted by molar-refractivity contribution is 0.0526. The Morgan fingerprint density at radius 2 is 2.38 bits per heavy atom. The zero-order valence-corrected chi connectivity index (χ0v) is 9.75. The van der Waals surface area contributed by atoms with Gasteiger partial charge in [-0.05, 0) is 19.1 Å². The summed E-state index contributed by atoms with van der Waals surface area (Å²) in [6.07, 6.45) is 0. The van der Waals surface area contributed by atoms with Crippen LogP contribution in [0, 0.1) is 0 Å². The largest absolute Gasteiger partial charge is 0.491 e. The van der Waals surface area contributed by atoms with Crippen LogP contribution in [-0.2, 0) is 4.74 Å². The number of esters is 1. The number of halogens is 1. The van der Waals surface area contributed by atoms with Gasteiger partial charge in [-0.15, -0.1) is 12.4 Å². The van der Waals surface area contributed by atoms with Gasteiger partial charge in [-0.1, -0.05) is 6.07 Å².